The minimum absolute atomic E-state index is 0.156. The van der Waals surface area contributed by atoms with Gasteiger partial charge in [0.25, 0.3) is 0 Å². The molecule has 136 valence electrons. The molecule has 1 aliphatic carbocycles. The Labute approximate surface area is 162 Å². The van der Waals surface area contributed by atoms with Crippen LogP contribution in [-0.2, 0) is 11.2 Å². The number of allylic oxidation sites excluding steroid dienone is 2. The number of nitrogens with one attached hydrogen (secondary N) is 1. The number of piperidine rings is 1. The van der Waals surface area contributed by atoms with E-state index in [4.69, 9.17) is 0 Å². The number of halogens is 1. The van der Waals surface area contributed by atoms with Crippen molar-refractivity contribution in [2.24, 2.45) is 0 Å². The zero-order valence-corrected chi connectivity index (χ0v) is 16.5. The minimum atomic E-state index is 0.156. The number of fused-ring (bicyclic) bond motifs is 2. The molecule has 26 heavy (non-hydrogen) atoms. The Morgan fingerprint density at radius 2 is 2.00 bits per heavy atom. The summed E-state index contributed by atoms with van der Waals surface area (Å²) in [6, 6.07) is 5.91. The lowest BCUT2D eigenvalue weighted by molar-refractivity contribution is -0.129. The van der Waals surface area contributed by atoms with Crippen LogP contribution in [0.1, 0.15) is 37.3 Å². The first kappa shape index (κ1) is 17.4. The molecule has 0 radical (unpaired) electrons. The first-order valence-corrected chi connectivity index (χ1v) is 9.94. The fraction of sp³-hybridized carbons (Fsp3) is 0.381. The Bertz CT molecular complexity index is 844. The van der Waals surface area contributed by atoms with Gasteiger partial charge < -0.3 is 15.3 Å². The number of nitrogens with zero attached hydrogens (tertiary/aromatic N) is 1. The van der Waals surface area contributed by atoms with E-state index in [1.807, 2.05) is 17.2 Å². The van der Waals surface area contributed by atoms with Crippen LogP contribution in [0.3, 0.4) is 0 Å². The van der Waals surface area contributed by atoms with E-state index in [9.17, 15) is 9.90 Å². The number of phenolic OH excluding ortho intramolecular Hbond substituents is 1. The number of carbonyl (C=O) groups excluding carboxylic acids is 1. The van der Waals surface area contributed by atoms with Gasteiger partial charge in [0.2, 0.25) is 5.91 Å². The summed E-state index contributed by atoms with van der Waals surface area (Å²) in [7, 11) is 0. The van der Waals surface area contributed by atoms with Crippen molar-refractivity contribution in [3.8, 4) is 5.75 Å². The van der Waals surface area contributed by atoms with E-state index >= 15 is 0 Å². The lowest BCUT2D eigenvalue weighted by Crippen LogP contribution is -2.36. The summed E-state index contributed by atoms with van der Waals surface area (Å²) < 4.78 is 1.06. The Balaban J connectivity index is 1.80. The van der Waals surface area contributed by atoms with Gasteiger partial charge in [-0.15, -0.1) is 0 Å². The Kier molecular flexibility index (Phi) is 4.65. The molecule has 4 rings (SSSR count). The molecule has 1 saturated heterocycles. The summed E-state index contributed by atoms with van der Waals surface area (Å²) in [5.41, 5.74) is 6.57. The van der Waals surface area contributed by atoms with Crippen LogP contribution in [-0.4, -0.2) is 35.0 Å². The molecule has 2 aliphatic heterocycles. The number of aryl methyl sites for hydroxylation is 1. The topological polar surface area (TPSA) is 52.6 Å². The molecule has 1 fully saturated rings. The summed E-state index contributed by atoms with van der Waals surface area (Å²) in [6.07, 6.45) is 7.94. The maximum absolute atomic E-state index is 11.7. The van der Waals surface area contributed by atoms with Crippen LogP contribution < -0.4 is 5.32 Å². The molecule has 1 aromatic rings. The van der Waals surface area contributed by atoms with Crippen LogP contribution in [0.25, 0.3) is 5.57 Å². The summed E-state index contributed by atoms with van der Waals surface area (Å²) in [5.74, 6) is 0.481. The van der Waals surface area contributed by atoms with Crippen molar-refractivity contribution < 1.29 is 9.90 Å². The van der Waals surface area contributed by atoms with Crippen molar-refractivity contribution in [1.82, 2.24) is 10.2 Å². The van der Waals surface area contributed by atoms with Gasteiger partial charge in [0.05, 0.1) is 6.04 Å². The monoisotopic (exact) mass is 414 g/mol. The van der Waals surface area contributed by atoms with Crippen LogP contribution in [0, 0.1) is 0 Å². The first-order valence-electron chi connectivity index (χ1n) is 9.15. The van der Waals surface area contributed by atoms with Crippen LogP contribution in [0.15, 0.2) is 46.1 Å². The van der Waals surface area contributed by atoms with Crippen molar-refractivity contribution in [3.63, 3.8) is 0 Å². The average Bonchev–Trinajstić information content (AvgIpc) is 2.78. The summed E-state index contributed by atoms with van der Waals surface area (Å²) in [4.78, 5) is 13.6. The number of phenols is 1. The number of amides is 1. The van der Waals surface area contributed by atoms with Gasteiger partial charge in [0.1, 0.15) is 5.75 Å². The van der Waals surface area contributed by atoms with Gasteiger partial charge in [-0.05, 0) is 82.1 Å². The molecule has 0 saturated carbocycles. The summed E-state index contributed by atoms with van der Waals surface area (Å²) in [5, 5.41) is 13.5. The van der Waals surface area contributed by atoms with Gasteiger partial charge in [-0.1, -0.05) is 11.6 Å². The van der Waals surface area contributed by atoms with E-state index in [2.05, 4.69) is 33.4 Å². The fourth-order valence-electron chi connectivity index (χ4n) is 4.30. The maximum Gasteiger partial charge on any atom is 0.219 e. The standard InChI is InChI=1S/C21H23BrN2O2/c1-13(25)24-8-6-14(7-9-24)20-19-5-4-18(26)11-15(19)2-3-16-10-17(22)12-23-21(16)20/h4-5,10-12,21,23,26H,2-3,6-9H2,1H3. The smallest absolute Gasteiger partial charge is 0.219 e. The second kappa shape index (κ2) is 6.95. The molecule has 3 aliphatic rings. The molecule has 1 amide bonds. The van der Waals surface area contributed by atoms with Crippen LogP contribution >= 0.6 is 15.9 Å². The molecule has 0 spiro atoms. The average molecular weight is 415 g/mol. The third-order valence-corrected chi connectivity index (χ3v) is 6.08. The zero-order chi connectivity index (χ0) is 18.3. The SMILES string of the molecule is CC(=O)N1CCC(=C2c3ccc(O)cc3CCC3=CC(Br)=CNC32)CC1. The highest BCUT2D eigenvalue weighted by Crippen LogP contribution is 2.40. The third kappa shape index (κ3) is 3.20. The lowest BCUT2D eigenvalue weighted by atomic mass is 9.85. The largest absolute Gasteiger partial charge is 0.508 e. The van der Waals surface area contributed by atoms with E-state index in [1.54, 1.807) is 13.0 Å². The highest BCUT2D eigenvalue weighted by atomic mass is 79.9. The number of aromatic hydroxyl groups is 1. The van der Waals surface area contributed by atoms with Crippen LogP contribution in [0.5, 0.6) is 5.75 Å². The van der Waals surface area contributed by atoms with Crippen LogP contribution in [0.2, 0.25) is 0 Å². The number of likely N-dealkylation sites (tertiary alicyclic amines) is 1. The van der Waals surface area contributed by atoms with Gasteiger partial charge >= 0.3 is 0 Å². The maximum atomic E-state index is 11.7. The van der Waals surface area contributed by atoms with Gasteiger partial charge in [0, 0.05) is 30.7 Å². The fourth-order valence-corrected chi connectivity index (χ4v) is 4.72. The van der Waals surface area contributed by atoms with Gasteiger partial charge in [-0.25, -0.2) is 0 Å². The number of rotatable bonds is 0. The molecule has 1 aromatic carbocycles. The van der Waals surface area contributed by atoms with Crippen molar-refractivity contribution in [3.05, 3.63) is 57.2 Å². The molecular weight excluding hydrogens is 392 g/mol. The summed E-state index contributed by atoms with van der Waals surface area (Å²) >= 11 is 3.58. The predicted molar refractivity (Wildman–Crippen MR) is 107 cm³/mol. The minimum Gasteiger partial charge on any atom is -0.508 e. The quantitative estimate of drug-likeness (QED) is 0.677. The number of benzene rings is 1. The molecule has 1 atom stereocenters. The normalized spacial score (nSPS) is 22.5. The Hall–Kier alpha value is -2.01. The number of hydrogen-bond acceptors (Lipinski definition) is 3. The van der Waals surface area contributed by atoms with Gasteiger partial charge in [-0.2, -0.15) is 0 Å². The first-order chi connectivity index (χ1) is 12.5. The molecular formula is C21H23BrN2O2. The number of hydrogen-bond donors (Lipinski definition) is 2. The second-order valence-electron chi connectivity index (χ2n) is 7.21. The van der Waals surface area contributed by atoms with Crippen molar-refractivity contribution in [2.45, 2.75) is 38.6 Å². The molecule has 2 heterocycles. The predicted octanol–water partition coefficient (Wildman–Crippen LogP) is 3.87. The molecule has 5 heteroatoms. The van der Waals surface area contributed by atoms with Gasteiger partial charge in [0.15, 0.2) is 0 Å². The molecule has 0 bridgehead atoms. The van der Waals surface area contributed by atoms with E-state index in [0.717, 1.165) is 43.3 Å². The molecule has 2 N–H and O–H groups in total. The van der Waals surface area contributed by atoms with E-state index < -0.39 is 0 Å². The number of carbonyl (C=O) groups is 1. The Morgan fingerprint density at radius 1 is 1.23 bits per heavy atom. The highest BCUT2D eigenvalue weighted by Gasteiger charge is 2.31. The van der Waals surface area contributed by atoms with Crippen molar-refractivity contribution >= 4 is 27.4 Å². The van der Waals surface area contributed by atoms with Crippen molar-refractivity contribution in [1.29, 1.82) is 0 Å². The number of dihydropyridines is 1. The molecule has 0 aromatic heterocycles. The highest BCUT2D eigenvalue weighted by molar-refractivity contribution is 9.11. The van der Waals surface area contributed by atoms with E-state index in [0.29, 0.717) is 5.75 Å². The zero-order valence-electron chi connectivity index (χ0n) is 14.9. The lowest BCUT2D eigenvalue weighted by Gasteiger charge is -2.33. The third-order valence-electron chi connectivity index (χ3n) is 5.63. The van der Waals surface area contributed by atoms with E-state index in [1.165, 1.54) is 27.8 Å². The molecule has 1 unspecified atom stereocenters. The van der Waals surface area contributed by atoms with Crippen LogP contribution in [0.4, 0.5) is 0 Å². The Morgan fingerprint density at radius 3 is 2.73 bits per heavy atom. The summed E-state index contributed by atoms with van der Waals surface area (Å²) in [6.45, 7) is 3.22. The molecule has 4 nitrogen and oxygen atoms in total. The second-order valence-corrected chi connectivity index (χ2v) is 8.13. The van der Waals surface area contributed by atoms with Crippen molar-refractivity contribution in [2.75, 3.05) is 13.1 Å². The van der Waals surface area contributed by atoms with E-state index in [-0.39, 0.29) is 11.9 Å². The van der Waals surface area contributed by atoms with Gasteiger partial charge in [-0.3, -0.25) is 4.79 Å².